The van der Waals surface area contributed by atoms with Gasteiger partial charge in [-0.25, -0.2) is 14.8 Å². The lowest BCUT2D eigenvalue weighted by molar-refractivity contribution is 0.0727. The molecule has 2 aromatic carbocycles. The quantitative estimate of drug-likeness (QED) is 0.256. The van der Waals surface area contributed by atoms with Crippen molar-refractivity contribution in [2.24, 2.45) is 0 Å². The number of hydrogen-bond acceptors (Lipinski definition) is 5. The highest BCUT2D eigenvalue weighted by Gasteiger charge is 2.17. The Bertz CT molecular complexity index is 874. The van der Waals surface area contributed by atoms with Crippen LogP contribution in [0.3, 0.4) is 0 Å². The predicted octanol–water partition coefficient (Wildman–Crippen LogP) is 5.29. The molecule has 0 saturated carbocycles. The van der Waals surface area contributed by atoms with E-state index in [1.54, 1.807) is 24.3 Å². The molecule has 4 nitrogen and oxygen atoms in total. The number of ether oxygens (including phenoxy) is 1. The van der Waals surface area contributed by atoms with Crippen molar-refractivity contribution in [1.29, 1.82) is 0 Å². The summed E-state index contributed by atoms with van der Waals surface area (Å²) < 4.78 is 5.27. The van der Waals surface area contributed by atoms with Crippen LogP contribution in [-0.4, -0.2) is 15.9 Å². The van der Waals surface area contributed by atoms with Gasteiger partial charge in [-0.15, -0.1) is 0 Å². The molecule has 126 valence electrons. The molecule has 0 atom stereocenters. The van der Waals surface area contributed by atoms with Gasteiger partial charge in [-0.1, -0.05) is 65.3 Å². The summed E-state index contributed by atoms with van der Waals surface area (Å²) in [5.74, 6) is 0.455. The summed E-state index contributed by atoms with van der Waals surface area (Å²) in [7, 11) is 0. The summed E-state index contributed by atoms with van der Waals surface area (Å²) in [6, 6.07) is 16.2. The van der Waals surface area contributed by atoms with Gasteiger partial charge in [-0.05, 0) is 29.8 Å². The first kappa shape index (κ1) is 17.7. The molecular formula is C18H12Cl2N2O2S. The molecule has 0 aliphatic carbocycles. The van der Waals surface area contributed by atoms with E-state index in [1.807, 2.05) is 30.3 Å². The van der Waals surface area contributed by atoms with Crippen LogP contribution in [0.4, 0.5) is 0 Å². The zero-order valence-electron chi connectivity index (χ0n) is 12.9. The number of hydrogen-bond donors (Lipinski definition) is 0. The molecule has 1 heterocycles. The Morgan fingerprint density at radius 1 is 1.04 bits per heavy atom. The van der Waals surface area contributed by atoms with Crippen LogP contribution in [0.1, 0.15) is 16.1 Å². The van der Waals surface area contributed by atoms with Gasteiger partial charge in [0.05, 0.1) is 11.2 Å². The molecule has 0 aliphatic rings. The largest absolute Gasteiger partial charge is 0.422 e. The number of thioether (sulfide) groups is 1. The number of benzene rings is 2. The van der Waals surface area contributed by atoms with Crippen molar-refractivity contribution in [3.05, 3.63) is 82.1 Å². The predicted molar refractivity (Wildman–Crippen MR) is 99.5 cm³/mol. The third-order valence-electron chi connectivity index (χ3n) is 3.15. The molecule has 0 N–H and O–H groups in total. The van der Waals surface area contributed by atoms with Crippen LogP contribution in [0.15, 0.2) is 66.0 Å². The Morgan fingerprint density at radius 2 is 1.76 bits per heavy atom. The molecule has 0 radical (unpaired) electrons. The molecule has 1 aromatic heterocycles. The van der Waals surface area contributed by atoms with Crippen molar-refractivity contribution in [2.45, 2.75) is 10.9 Å². The average molecular weight is 391 g/mol. The summed E-state index contributed by atoms with van der Waals surface area (Å²) in [5, 5.41) is 1.28. The molecule has 0 amide bonds. The van der Waals surface area contributed by atoms with Crippen molar-refractivity contribution >= 4 is 40.9 Å². The van der Waals surface area contributed by atoms with Gasteiger partial charge in [-0.2, -0.15) is 0 Å². The second kappa shape index (κ2) is 8.34. The van der Waals surface area contributed by atoms with Crippen molar-refractivity contribution in [2.75, 3.05) is 0 Å². The second-order valence-corrected chi connectivity index (χ2v) is 6.75. The summed E-state index contributed by atoms with van der Waals surface area (Å²) >= 11 is 13.3. The number of para-hydroxylation sites is 1. The van der Waals surface area contributed by atoms with Crippen LogP contribution in [0, 0.1) is 0 Å². The van der Waals surface area contributed by atoms with E-state index in [0.717, 1.165) is 5.56 Å². The standard InChI is InChI=1S/C18H12Cl2N2O2S/c19-13-8-6-12(7-9-13)11-25-18-21-10-15(20)16(22-18)17(23)24-14-4-2-1-3-5-14/h1-10H,11H2. The van der Waals surface area contributed by atoms with Gasteiger partial charge in [0, 0.05) is 10.8 Å². The van der Waals surface area contributed by atoms with Crippen LogP contribution in [-0.2, 0) is 5.75 Å². The van der Waals surface area contributed by atoms with Crippen LogP contribution >= 0.6 is 35.0 Å². The summed E-state index contributed by atoms with van der Waals surface area (Å²) in [4.78, 5) is 20.6. The molecule has 0 saturated heterocycles. The van der Waals surface area contributed by atoms with Crippen molar-refractivity contribution < 1.29 is 9.53 Å². The van der Waals surface area contributed by atoms with Gasteiger partial charge < -0.3 is 4.74 Å². The minimum atomic E-state index is -0.619. The zero-order chi connectivity index (χ0) is 17.6. The summed E-state index contributed by atoms with van der Waals surface area (Å²) in [6.45, 7) is 0. The molecule has 25 heavy (non-hydrogen) atoms. The van der Waals surface area contributed by atoms with E-state index < -0.39 is 5.97 Å². The number of aromatic nitrogens is 2. The van der Waals surface area contributed by atoms with Crippen LogP contribution in [0.25, 0.3) is 0 Å². The Labute approximate surface area is 159 Å². The normalized spacial score (nSPS) is 10.5. The van der Waals surface area contributed by atoms with E-state index >= 15 is 0 Å². The maximum absolute atomic E-state index is 12.3. The number of carbonyl (C=O) groups is 1. The fourth-order valence-corrected chi connectivity index (χ4v) is 3.00. The van der Waals surface area contributed by atoms with Crippen molar-refractivity contribution in [3.8, 4) is 5.75 Å². The first-order valence-corrected chi connectivity index (χ1v) is 9.03. The van der Waals surface area contributed by atoms with E-state index in [2.05, 4.69) is 9.97 Å². The monoisotopic (exact) mass is 390 g/mol. The Hall–Kier alpha value is -2.08. The van der Waals surface area contributed by atoms with Gasteiger partial charge >= 0.3 is 5.97 Å². The van der Waals surface area contributed by atoms with E-state index in [1.165, 1.54) is 18.0 Å². The molecule has 3 aromatic rings. The Kier molecular flexibility index (Phi) is 5.91. The summed E-state index contributed by atoms with van der Waals surface area (Å²) in [6.07, 6.45) is 1.40. The minimum Gasteiger partial charge on any atom is -0.422 e. The SMILES string of the molecule is O=C(Oc1ccccc1)c1nc(SCc2ccc(Cl)cc2)ncc1Cl. The van der Waals surface area contributed by atoms with Crippen molar-refractivity contribution in [3.63, 3.8) is 0 Å². The number of rotatable bonds is 5. The van der Waals surface area contributed by atoms with Crippen molar-refractivity contribution in [1.82, 2.24) is 9.97 Å². The fourth-order valence-electron chi connectivity index (χ4n) is 1.94. The third kappa shape index (κ3) is 4.95. The maximum Gasteiger partial charge on any atom is 0.364 e. The maximum atomic E-state index is 12.3. The van der Waals surface area contributed by atoms with E-state index in [-0.39, 0.29) is 10.7 Å². The Balaban J connectivity index is 1.71. The highest BCUT2D eigenvalue weighted by molar-refractivity contribution is 7.98. The van der Waals surface area contributed by atoms with E-state index in [4.69, 9.17) is 27.9 Å². The van der Waals surface area contributed by atoms with Gasteiger partial charge in [0.25, 0.3) is 0 Å². The van der Waals surface area contributed by atoms with Crippen LogP contribution in [0.2, 0.25) is 10.0 Å². The molecule has 3 rings (SSSR count). The van der Waals surface area contributed by atoms with Gasteiger partial charge in [0.2, 0.25) is 0 Å². The lowest BCUT2D eigenvalue weighted by Gasteiger charge is -2.06. The first-order chi connectivity index (χ1) is 12.1. The van der Waals surface area contributed by atoms with Gasteiger partial charge in [-0.3, -0.25) is 0 Å². The number of esters is 1. The van der Waals surface area contributed by atoms with E-state index in [9.17, 15) is 4.79 Å². The number of nitrogens with zero attached hydrogens (tertiary/aromatic N) is 2. The smallest absolute Gasteiger partial charge is 0.364 e. The van der Waals surface area contributed by atoms with Gasteiger partial charge in [0.15, 0.2) is 10.9 Å². The van der Waals surface area contributed by atoms with Crippen LogP contribution < -0.4 is 4.74 Å². The third-order valence-corrected chi connectivity index (χ3v) is 4.61. The highest BCUT2D eigenvalue weighted by atomic mass is 35.5. The Morgan fingerprint density at radius 3 is 2.48 bits per heavy atom. The molecule has 0 unspecified atom stereocenters. The average Bonchev–Trinajstić information content (AvgIpc) is 2.63. The van der Waals surface area contributed by atoms with E-state index in [0.29, 0.717) is 21.7 Å². The fraction of sp³-hybridized carbons (Fsp3) is 0.0556. The molecule has 0 spiro atoms. The minimum absolute atomic E-state index is 0.0409. The molecule has 0 fully saturated rings. The number of halogens is 2. The molecule has 7 heteroatoms. The summed E-state index contributed by atoms with van der Waals surface area (Å²) in [5.41, 5.74) is 1.11. The lowest BCUT2D eigenvalue weighted by Crippen LogP contribution is -2.12. The van der Waals surface area contributed by atoms with Crippen LogP contribution in [0.5, 0.6) is 5.75 Å². The molecule has 0 aliphatic heterocycles. The first-order valence-electron chi connectivity index (χ1n) is 7.29. The lowest BCUT2D eigenvalue weighted by atomic mass is 10.2. The molecular weight excluding hydrogens is 379 g/mol. The topological polar surface area (TPSA) is 52.1 Å². The number of carbonyl (C=O) groups excluding carboxylic acids is 1. The van der Waals surface area contributed by atoms with Gasteiger partial charge in [0.1, 0.15) is 5.75 Å². The second-order valence-electron chi connectivity index (χ2n) is 4.97. The molecule has 0 bridgehead atoms. The highest BCUT2D eigenvalue weighted by Crippen LogP contribution is 2.23. The zero-order valence-corrected chi connectivity index (χ0v) is 15.2.